The van der Waals surface area contributed by atoms with Gasteiger partial charge in [0.05, 0.1) is 6.61 Å². The molecular formula is C8H15NO3. The van der Waals surface area contributed by atoms with Crippen LogP contribution in [-0.2, 0) is 4.79 Å². The number of carboxylic acids is 1. The van der Waals surface area contributed by atoms with Gasteiger partial charge in [-0.3, -0.25) is 10.1 Å². The summed E-state index contributed by atoms with van der Waals surface area (Å²) in [5.41, 5.74) is 0. The molecule has 1 saturated carbocycles. The zero-order chi connectivity index (χ0) is 8.97. The van der Waals surface area contributed by atoms with E-state index in [1.54, 1.807) is 0 Å². The van der Waals surface area contributed by atoms with E-state index in [4.69, 9.17) is 10.2 Å². The summed E-state index contributed by atoms with van der Waals surface area (Å²) in [6.45, 7) is -0.328. The third-order valence-electron chi connectivity index (χ3n) is 2.27. The fourth-order valence-electron chi connectivity index (χ4n) is 1.58. The first kappa shape index (κ1) is 9.48. The van der Waals surface area contributed by atoms with Gasteiger partial charge in [0.15, 0.2) is 0 Å². The van der Waals surface area contributed by atoms with Crippen molar-refractivity contribution in [2.45, 2.75) is 37.8 Å². The van der Waals surface area contributed by atoms with Crippen LogP contribution in [0.15, 0.2) is 0 Å². The predicted octanol–water partition coefficient (Wildman–Crippen LogP) is -0.0359. The van der Waals surface area contributed by atoms with Crippen molar-refractivity contribution in [2.24, 2.45) is 0 Å². The molecule has 1 fully saturated rings. The van der Waals surface area contributed by atoms with E-state index < -0.39 is 12.0 Å². The molecule has 0 radical (unpaired) electrons. The summed E-state index contributed by atoms with van der Waals surface area (Å²) >= 11 is 0. The van der Waals surface area contributed by atoms with Gasteiger partial charge in [-0.25, -0.2) is 0 Å². The lowest BCUT2D eigenvalue weighted by Gasteiger charge is -2.16. The molecule has 1 rings (SSSR count). The number of aliphatic carboxylic acids is 1. The van der Waals surface area contributed by atoms with Crippen molar-refractivity contribution < 1.29 is 15.0 Å². The molecule has 1 unspecified atom stereocenters. The smallest absolute Gasteiger partial charge is 0.323 e. The maximum absolute atomic E-state index is 10.5. The van der Waals surface area contributed by atoms with E-state index in [0.29, 0.717) is 6.04 Å². The Balaban J connectivity index is 2.30. The minimum absolute atomic E-state index is 0.290. The molecule has 70 valence electrons. The van der Waals surface area contributed by atoms with E-state index in [2.05, 4.69) is 5.32 Å². The summed E-state index contributed by atoms with van der Waals surface area (Å²) in [7, 11) is 0. The van der Waals surface area contributed by atoms with Gasteiger partial charge in [-0.1, -0.05) is 12.8 Å². The first-order valence-corrected chi connectivity index (χ1v) is 4.33. The molecule has 0 aromatic carbocycles. The van der Waals surface area contributed by atoms with Crippen LogP contribution >= 0.6 is 0 Å². The van der Waals surface area contributed by atoms with Crippen LogP contribution in [0.3, 0.4) is 0 Å². The topological polar surface area (TPSA) is 69.6 Å². The van der Waals surface area contributed by atoms with Gasteiger partial charge in [0.2, 0.25) is 0 Å². The average molecular weight is 173 g/mol. The SMILES string of the molecule is O=C(O)C(CO)NC1CCCC1. The fourth-order valence-corrected chi connectivity index (χ4v) is 1.58. The molecule has 0 spiro atoms. The Morgan fingerprint density at radius 2 is 2.08 bits per heavy atom. The third-order valence-corrected chi connectivity index (χ3v) is 2.27. The number of nitrogens with one attached hydrogen (secondary N) is 1. The number of hydrogen-bond donors (Lipinski definition) is 3. The van der Waals surface area contributed by atoms with Crippen LogP contribution in [0.2, 0.25) is 0 Å². The third kappa shape index (κ3) is 2.46. The Kier molecular flexibility index (Phi) is 3.49. The van der Waals surface area contributed by atoms with Gasteiger partial charge in [-0.15, -0.1) is 0 Å². The van der Waals surface area contributed by atoms with Gasteiger partial charge < -0.3 is 10.2 Å². The number of aliphatic hydroxyl groups is 1. The van der Waals surface area contributed by atoms with E-state index in [1.807, 2.05) is 0 Å². The number of aliphatic hydroxyl groups excluding tert-OH is 1. The summed E-state index contributed by atoms with van der Waals surface area (Å²) in [5.74, 6) is -0.968. The Bertz CT molecular complexity index is 154. The van der Waals surface area contributed by atoms with Crippen molar-refractivity contribution in [3.8, 4) is 0 Å². The molecule has 12 heavy (non-hydrogen) atoms. The molecule has 0 saturated heterocycles. The fraction of sp³-hybridized carbons (Fsp3) is 0.875. The number of hydrogen-bond acceptors (Lipinski definition) is 3. The minimum Gasteiger partial charge on any atom is -0.480 e. The van der Waals surface area contributed by atoms with Gasteiger partial charge in [0.1, 0.15) is 6.04 Å². The second kappa shape index (κ2) is 4.42. The molecule has 0 aromatic heterocycles. The van der Waals surface area contributed by atoms with Gasteiger partial charge in [-0.2, -0.15) is 0 Å². The van der Waals surface area contributed by atoms with E-state index in [9.17, 15) is 4.79 Å². The van der Waals surface area contributed by atoms with Gasteiger partial charge in [0, 0.05) is 6.04 Å². The van der Waals surface area contributed by atoms with E-state index in [-0.39, 0.29) is 6.61 Å². The zero-order valence-corrected chi connectivity index (χ0v) is 6.99. The Morgan fingerprint density at radius 3 is 2.50 bits per heavy atom. The molecule has 1 aliphatic rings. The van der Waals surface area contributed by atoms with Crippen molar-refractivity contribution in [2.75, 3.05) is 6.61 Å². The highest BCUT2D eigenvalue weighted by Gasteiger charge is 2.22. The van der Waals surface area contributed by atoms with Crippen molar-refractivity contribution in [1.29, 1.82) is 0 Å². The van der Waals surface area contributed by atoms with Crippen LogP contribution in [0.5, 0.6) is 0 Å². The quantitative estimate of drug-likeness (QED) is 0.558. The Labute approximate surface area is 71.6 Å². The number of carboxylic acid groups (broad SMARTS) is 1. The van der Waals surface area contributed by atoms with Crippen LogP contribution in [0, 0.1) is 0 Å². The molecule has 0 heterocycles. The lowest BCUT2D eigenvalue weighted by molar-refractivity contribution is -0.140. The molecule has 1 aliphatic carbocycles. The summed E-state index contributed by atoms with van der Waals surface area (Å²) < 4.78 is 0. The molecule has 0 bridgehead atoms. The highest BCUT2D eigenvalue weighted by molar-refractivity contribution is 5.73. The maximum Gasteiger partial charge on any atom is 0.323 e. The minimum atomic E-state index is -0.968. The Hall–Kier alpha value is -0.610. The second-order valence-corrected chi connectivity index (χ2v) is 3.22. The second-order valence-electron chi connectivity index (χ2n) is 3.22. The first-order chi connectivity index (χ1) is 5.74. The molecule has 0 aliphatic heterocycles. The van der Waals surface area contributed by atoms with Crippen molar-refractivity contribution in [1.82, 2.24) is 5.32 Å². The molecule has 3 N–H and O–H groups in total. The molecule has 4 nitrogen and oxygen atoms in total. The van der Waals surface area contributed by atoms with E-state index >= 15 is 0 Å². The molecule has 1 atom stereocenters. The summed E-state index contributed by atoms with van der Waals surface area (Å²) in [5, 5.41) is 20.2. The van der Waals surface area contributed by atoms with Crippen molar-refractivity contribution in [3.63, 3.8) is 0 Å². The molecule has 0 aromatic rings. The van der Waals surface area contributed by atoms with Crippen molar-refractivity contribution in [3.05, 3.63) is 0 Å². The summed E-state index contributed by atoms with van der Waals surface area (Å²) in [6.07, 6.45) is 4.39. The Morgan fingerprint density at radius 1 is 1.50 bits per heavy atom. The van der Waals surface area contributed by atoms with Crippen LogP contribution in [0.4, 0.5) is 0 Å². The normalized spacial score (nSPS) is 21.1. The lowest BCUT2D eigenvalue weighted by atomic mass is 10.2. The monoisotopic (exact) mass is 173 g/mol. The van der Waals surface area contributed by atoms with Crippen LogP contribution in [0.25, 0.3) is 0 Å². The average Bonchev–Trinajstić information content (AvgIpc) is 2.51. The van der Waals surface area contributed by atoms with E-state index in [1.165, 1.54) is 0 Å². The van der Waals surface area contributed by atoms with Gasteiger partial charge in [0.25, 0.3) is 0 Å². The molecule has 4 heteroatoms. The number of carbonyl (C=O) groups is 1. The van der Waals surface area contributed by atoms with Crippen LogP contribution < -0.4 is 5.32 Å². The first-order valence-electron chi connectivity index (χ1n) is 4.33. The van der Waals surface area contributed by atoms with Gasteiger partial charge in [-0.05, 0) is 12.8 Å². The standard InChI is InChI=1S/C8H15NO3/c10-5-7(8(11)12)9-6-3-1-2-4-6/h6-7,9-10H,1-5H2,(H,11,12). The van der Waals surface area contributed by atoms with Gasteiger partial charge >= 0.3 is 5.97 Å². The highest BCUT2D eigenvalue weighted by Crippen LogP contribution is 2.17. The predicted molar refractivity (Wildman–Crippen MR) is 43.9 cm³/mol. The van der Waals surface area contributed by atoms with Crippen LogP contribution in [-0.4, -0.2) is 34.9 Å². The lowest BCUT2D eigenvalue weighted by Crippen LogP contribution is -2.44. The summed E-state index contributed by atoms with van der Waals surface area (Å²) in [4.78, 5) is 10.5. The number of rotatable bonds is 4. The maximum atomic E-state index is 10.5. The zero-order valence-electron chi connectivity index (χ0n) is 6.99. The van der Waals surface area contributed by atoms with Crippen LogP contribution in [0.1, 0.15) is 25.7 Å². The highest BCUT2D eigenvalue weighted by atomic mass is 16.4. The molecular weight excluding hydrogens is 158 g/mol. The molecule has 0 amide bonds. The summed E-state index contributed by atoms with van der Waals surface area (Å²) in [6, 6.07) is -0.494. The van der Waals surface area contributed by atoms with Crippen molar-refractivity contribution >= 4 is 5.97 Å². The van der Waals surface area contributed by atoms with E-state index in [0.717, 1.165) is 25.7 Å². The largest absolute Gasteiger partial charge is 0.480 e.